The minimum atomic E-state index is -3.54. The number of rotatable bonds is 3. The summed E-state index contributed by atoms with van der Waals surface area (Å²) in [4.78, 5) is 17.6. The average Bonchev–Trinajstić information content (AvgIpc) is 3.05. The number of hydrogen-bond acceptors (Lipinski definition) is 4. The van der Waals surface area contributed by atoms with Crippen LogP contribution in [-0.4, -0.2) is 36.3 Å². The summed E-state index contributed by atoms with van der Waals surface area (Å²) in [5.41, 5.74) is 1.16. The van der Waals surface area contributed by atoms with Gasteiger partial charge in [0.1, 0.15) is 0 Å². The summed E-state index contributed by atoms with van der Waals surface area (Å²) in [5.74, 6) is 0.118. The molecule has 1 fully saturated rings. The van der Waals surface area contributed by atoms with Crippen molar-refractivity contribution in [3.8, 4) is 0 Å². The number of thiazole rings is 1. The molecule has 1 aliphatic heterocycles. The molecule has 1 saturated heterocycles. The Morgan fingerprint density at radius 3 is 2.43 bits per heavy atom. The van der Waals surface area contributed by atoms with Gasteiger partial charge >= 0.3 is 0 Å². The molecule has 2 aromatic carbocycles. The second kappa shape index (κ2) is 8.26. The zero-order chi connectivity index (χ0) is 21.5. The van der Waals surface area contributed by atoms with Gasteiger partial charge in [-0.1, -0.05) is 35.9 Å². The summed E-state index contributed by atoms with van der Waals surface area (Å²) in [6.07, 6.45) is 1.73. The molecule has 1 aromatic heterocycles. The fourth-order valence-electron chi connectivity index (χ4n) is 3.56. The van der Waals surface area contributed by atoms with E-state index in [1.807, 2.05) is 19.2 Å². The third-order valence-electron chi connectivity index (χ3n) is 5.45. The van der Waals surface area contributed by atoms with Gasteiger partial charge in [0.25, 0.3) is 5.91 Å². The summed E-state index contributed by atoms with van der Waals surface area (Å²) >= 11 is 7.64. The first-order valence-corrected chi connectivity index (χ1v) is 12.3. The molecular weight excluding hydrogens is 442 g/mol. The van der Waals surface area contributed by atoms with Gasteiger partial charge in [0.2, 0.25) is 10.0 Å². The van der Waals surface area contributed by atoms with Crippen molar-refractivity contribution in [1.82, 2.24) is 8.87 Å². The van der Waals surface area contributed by atoms with Crippen molar-refractivity contribution in [2.75, 3.05) is 13.1 Å². The van der Waals surface area contributed by atoms with Gasteiger partial charge in [-0.3, -0.25) is 4.79 Å². The average molecular weight is 464 g/mol. The van der Waals surface area contributed by atoms with E-state index in [0.717, 1.165) is 23.1 Å². The fraction of sp³-hybridized carbons (Fsp3) is 0.333. The van der Waals surface area contributed by atoms with Crippen molar-refractivity contribution < 1.29 is 13.2 Å². The number of carbonyl (C=O) groups is 1. The van der Waals surface area contributed by atoms with Crippen molar-refractivity contribution in [3.05, 3.63) is 57.9 Å². The van der Waals surface area contributed by atoms with Crippen LogP contribution in [-0.2, 0) is 17.1 Å². The van der Waals surface area contributed by atoms with Crippen LogP contribution in [0.1, 0.15) is 30.1 Å². The van der Waals surface area contributed by atoms with Gasteiger partial charge in [-0.2, -0.15) is 9.30 Å². The van der Waals surface area contributed by atoms with E-state index >= 15 is 0 Å². The molecule has 4 rings (SSSR count). The molecule has 158 valence electrons. The van der Waals surface area contributed by atoms with Crippen molar-refractivity contribution in [1.29, 1.82) is 0 Å². The number of nitrogens with zero attached hydrogens (tertiary/aromatic N) is 3. The standard InChI is InChI=1S/C21H22ClN3O3S2/c1-14-10-12-25(13-11-14)30(27,28)16-8-6-15(7-9-16)20(26)23-21-24(2)19-17(22)4-3-5-18(19)29-21/h3-9,14H,10-13H2,1-2H3. The molecule has 3 aromatic rings. The van der Waals surface area contributed by atoms with Gasteiger partial charge in [-0.25, -0.2) is 8.42 Å². The molecule has 1 aliphatic rings. The SMILES string of the molecule is CC1CCN(S(=O)(=O)c2ccc(C(=O)N=c3sc4cccc(Cl)c4n3C)cc2)CC1. The molecule has 0 unspecified atom stereocenters. The van der Waals surface area contributed by atoms with Gasteiger partial charge < -0.3 is 4.57 Å². The molecule has 0 aliphatic carbocycles. The third-order valence-corrected chi connectivity index (χ3v) is 8.77. The number of halogens is 1. The Morgan fingerprint density at radius 1 is 1.13 bits per heavy atom. The molecule has 0 N–H and O–H groups in total. The number of hydrogen-bond donors (Lipinski definition) is 0. The number of piperidine rings is 1. The second-order valence-electron chi connectivity index (χ2n) is 7.56. The Balaban J connectivity index is 1.60. The summed E-state index contributed by atoms with van der Waals surface area (Å²) in [5, 5.41) is 0.599. The number of sulfonamides is 1. The predicted octanol–water partition coefficient (Wildman–Crippen LogP) is 4.05. The molecule has 0 atom stereocenters. The van der Waals surface area contributed by atoms with E-state index < -0.39 is 15.9 Å². The van der Waals surface area contributed by atoms with E-state index in [2.05, 4.69) is 11.9 Å². The molecule has 30 heavy (non-hydrogen) atoms. The number of para-hydroxylation sites is 1. The number of carbonyl (C=O) groups excluding carboxylic acids is 1. The Bertz CT molecular complexity index is 1270. The Morgan fingerprint density at radius 2 is 1.80 bits per heavy atom. The third kappa shape index (κ3) is 3.97. The van der Waals surface area contributed by atoms with Crippen LogP contribution >= 0.6 is 22.9 Å². The highest BCUT2D eigenvalue weighted by molar-refractivity contribution is 7.89. The van der Waals surface area contributed by atoms with Gasteiger partial charge in [0.05, 0.1) is 20.1 Å². The normalized spacial score (nSPS) is 17.0. The summed E-state index contributed by atoms with van der Waals surface area (Å²) in [6.45, 7) is 3.20. The maximum absolute atomic E-state index is 12.8. The molecular formula is C21H22ClN3O3S2. The van der Waals surface area contributed by atoms with E-state index in [4.69, 9.17) is 11.6 Å². The lowest BCUT2D eigenvalue weighted by Crippen LogP contribution is -2.37. The number of fused-ring (bicyclic) bond motifs is 1. The highest BCUT2D eigenvalue weighted by Gasteiger charge is 2.28. The smallest absolute Gasteiger partial charge is 0.279 e. The van der Waals surface area contributed by atoms with Crippen LogP contribution in [0.4, 0.5) is 0 Å². The van der Waals surface area contributed by atoms with Gasteiger partial charge in [-0.05, 0) is 55.2 Å². The zero-order valence-electron chi connectivity index (χ0n) is 16.7. The Labute approximate surface area is 184 Å². The second-order valence-corrected chi connectivity index (χ2v) is 10.9. The highest BCUT2D eigenvalue weighted by Crippen LogP contribution is 2.25. The molecule has 0 spiro atoms. The maximum atomic E-state index is 12.8. The van der Waals surface area contributed by atoms with Crippen LogP contribution in [0.15, 0.2) is 52.4 Å². The maximum Gasteiger partial charge on any atom is 0.279 e. The summed E-state index contributed by atoms with van der Waals surface area (Å²) < 4.78 is 29.9. The fourth-order valence-corrected chi connectivity index (χ4v) is 6.43. The van der Waals surface area contributed by atoms with Crippen molar-refractivity contribution in [3.63, 3.8) is 0 Å². The predicted molar refractivity (Wildman–Crippen MR) is 119 cm³/mol. The van der Waals surface area contributed by atoms with Crippen LogP contribution in [0.5, 0.6) is 0 Å². The first-order chi connectivity index (χ1) is 14.3. The number of benzene rings is 2. The van der Waals surface area contributed by atoms with E-state index in [9.17, 15) is 13.2 Å². The topological polar surface area (TPSA) is 71.7 Å². The number of amides is 1. The lowest BCUT2D eigenvalue weighted by atomic mass is 10.0. The van der Waals surface area contributed by atoms with Crippen LogP contribution in [0, 0.1) is 5.92 Å². The lowest BCUT2D eigenvalue weighted by molar-refractivity contribution is 0.0998. The molecule has 0 radical (unpaired) electrons. The van der Waals surface area contributed by atoms with Gasteiger partial charge in [-0.15, -0.1) is 0 Å². The molecule has 0 bridgehead atoms. The van der Waals surface area contributed by atoms with Crippen LogP contribution < -0.4 is 4.80 Å². The van der Waals surface area contributed by atoms with E-state index in [-0.39, 0.29) is 4.90 Å². The summed E-state index contributed by atoms with van der Waals surface area (Å²) in [7, 11) is -1.73. The minimum absolute atomic E-state index is 0.202. The highest BCUT2D eigenvalue weighted by atomic mass is 35.5. The first-order valence-electron chi connectivity index (χ1n) is 9.70. The quantitative estimate of drug-likeness (QED) is 0.588. The van der Waals surface area contributed by atoms with E-state index in [0.29, 0.717) is 34.4 Å². The number of aryl methyl sites for hydroxylation is 1. The van der Waals surface area contributed by atoms with Crippen molar-refractivity contribution in [2.45, 2.75) is 24.7 Å². The van der Waals surface area contributed by atoms with Crippen molar-refractivity contribution in [2.24, 2.45) is 18.0 Å². The van der Waals surface area contributed by atoms with Crippen LogP contribution in [0.2, 0.25) is 5.02 Å². The monoisotopic (exact) mass is 463 g/mol. The Hall–Kier alpha value is -2.00. The van der Waals surface area contributed by atoms with Gasteiger partial charge in [0, 0.05) is 25.7 Å². The van der Waals surface area contributed by atoms with Crippen molar-refractivity contribution >= 4 is 49.1 Å². The molecule has 0 saturated carbocycles. The van der Waals surface area contributed by atoms with Crippen LogP contribution in [0.25, 0.3) is 10.2 Å². The molecule has 2 heterocycles. The number of aromatic nitrogens is 1. The largest absolute Gasteiger partial charge is 0.318 e. The first kappa shape index (κ1) is 21.2. The van der Waals surface area contributed by atoms with Gasteiger partial charge in [0.15, 0.2) is 4.80 Å². The summed E-state index contributed by atoms with van der Waals surface area (Å²) in [6, 6.07) is 11.6. The Kier molecular flexibility index (Phi) is 5.85. The molecule has 6 nitrogen and oxygen atoms in total. The van der Waals surface area contributed by atoms with E-state index in [1.54, 1.807) is 10.6 Å². The lowest BCUT2D eigenvalue weighted by Gasteiger charge is -2.29. The van der Waals surface area contributed by atoms with E-state index in [1.165, 1.54) is 39.9 Å². The minimum Gasteiger partial charge on any atom is -0.318 e. The molecule has 9 heteroatoms. The van der Waals surface area contributed by atoms with Crippen LogP contribution in [0.3, 0.4) is 0 Å². The molecule has 1 amide bonds. The zero-order valence-corrected chi connectivity index (χ0v) is 19.1.